The molecular weight excluding hydrogens is 254 g/mol. The number of aromatic nitrogens is 2. The van der Waals surface area contributed by atoms with Crippen molar-refractivity contribution in [3.05, 3.63) is 12.1 Å². The standard InChI is InChI=1S/C11H13N3O3S/c1-15-7-4-6(10-13-11(12)18-14-10)5-8(16-2)9(7)17-3/h4-5H,1-3H3,(H2,12,13,14). The Kier molecular flexibility index (Phi) is 3.52. The summed E-state index contributed by atoms with van der Waals surface area (Å²) in [5.41, 5.74) is 6.33. The molecule has 0 bridgehead atoms. The lowest BCUT2D eigenvalue weighted by Crippen LogP contribution is -1.96. The van der Waals surface area contributed by atoms with Gasteiger partial charge in [-0.05, 0) is 12.1 Å². The molecule has 0 saturated heterocycles. The predicted molar refractivity (Wildman–Crippen MR) is 69.4 cm³/mol. The van der Waals surface area contributed by atoms with Gasteiger partial charge in [-0.3, -0.25) is 0 Å². The van der Waals surface area contributed by atoms with Gasteiger partial charge in [0.25, 0.3) is 0 Å². The molecule has 2 aromatic rings. The van der Waals surface area contributed by atoms with Crippen LogP contribution in [0.3, 0.4) is 0 Å². The van der Waals surface area contributed by atoms with Crippen LogP contribution < -0.4 is 19.9 Å². The van der Waals surface area contributed by atoms with Gasteiger partial charge in [-0.15, -0.1) is 0 Å². The molecule has 1 aromatic carbocycles. The highest BCUT2D eigenvalue weighted by Crippen LogP contribution is 2.40. The quantitative estimate of drug-likeness (QED) is 0.910. The normalized spacial score (nSPS) is 10.2. The largest absolute Gasteiger partial charge is 0.493 e. The molecule has 0 aliphatic carbocycles. The third kappa shape index (κ3) is 2.17. The van der Waals surface area contributed by atoms with Crippen molar-refractivity contribution >= 4 is 16.7 Å². The van der Waals surface area contributed by atoms with E-state index in [-0.39, 0.29) is 0 Å². The lowest BCUT2D eigenvalue weighted by Gasteiger charge is -2.12. The first kappa shape index (κ1) is 12.4. The van der Waals surface area contributed by atoms with Crippen molar-refractivity contribution in [2.45, 2.75) is 0 Å². The summed E-state index contributed by atoms with van der Waals surface area (Å²) < 4.78 is 19.9. The van der Waals surface area contributed by atoms with Crippen molar-refractivity contribution in [2.75, 3.05) is 27.1 Å². The van der Waals surface area contributed by atoms with Crippen molar-refractivity contribution in [1.82, 2.24) is 9.36 Å². The third-order valence-corrected chi connectivity index (χ3v) is 2.91. The minimum atomic E-state index is 0.416. The second-order valence-electron chi connectivity index (χ2n) is 3.37. The van der Waals surface area contributed by atoms with E-state index in [2.05, 4.69) is 9.36 Å². The van der Waals surface area contributed by atoms with Crippen molar-refractivity contribution in [3.8, 4) is 28.6 Å². The smallest absolute Gasteiger partial charge is 0.203 e. The number of nitrogens with zero attached hydrogens (tertiary/aromatic N) is 2. The Bertz CT molecular complexity index is 531. The van der Waals surface area contributed by atoms with Crippen molar-refractivity contribution in [2.24, 2.45) is 0 Å². The van der Waals surface area contributed by atoms with Crippen LogP contribution in [0.4, 0.5) is 5.13 Å². The Morgan fingerprint density at radius 2 is 1.67 bits per heavy atom. The molecule has 0 radical (unpaired) electrons. The maximum absolute atomic E-state index is 5.57. The van der Waals surface area contributed by atoms with Gasteiger partial charge in [-0.1, -0.05) is 0 Å². The summed E-state index contributed by atoms with van der Waals surface area (Å²) in [7, 11) is 4.67. The van der Waals surface area contributed by atoms with E-state index in [1.807, 2.05) is 0 Å². The molecular formula is C11H13N3O3S. The molecule has 1 heterocycles. The van der Waals surface area contributed by atoms with Gasteiger partial charge < -0.3 is 19.9 Å². The summed E-state index contributed by atoms with van der Waals surface area (Å²) in [4.78, 5) is 4.12. The molecule has 0 spiro atoms. The monoisotopic (exact) mass is 267 g/mol. The van der Waals surface area contributed by atoms with E-state index < -0.39 is 0 Å². The zero-order valence-corrected chi connectivity index (χ0v) is 11.1. The van der Waals surface area contributed by atoms with E-state index in [4.69, 9.17) is 19.9 Å². The second kappa shape index (κ2) is 5.09. The van der Waals surface area contributed by atoms with Crippen LogP contribution in [-0.2, 0) is 0 Å². The Hall–Kier alpha value is -2.02. The molecule has 18 heavy (non-hydrogen) atoms. The molecule has 0 aliphatic rings. The van der Waals surface area contributed by atoms with Crippen LogP contribution in [0.25, 0.3) is 11.4 Å². The first-order valence-electron chi connectivity index (χ1n) is 5.09. The number of methoxy groups -OCH3 is 3. The van der Waals surface area contributed by atoms with Crippen LogP contribution in [-0.4, -0.2) is 30.7 Å². The summed E-state index contributed by atoms with van der Waals surface area (Å²) in [6, 6.07) is 3.56. The van der Waals surface area contributed by atoms with Gasteiger partial charge in [-0.2, -0.15) is 9.36 Å². The number of rotatable bonds is 4. The van der Waals surface area contributed by atoms with Gasteiger partial charge in [0.1, 0.15) is 0 Å². The van der Waals surface area contributed by atoms with E-state index in [1.54, 1.807) is 33.5 Å². The van der Waals surface area contributed by atoms with Crippen molar-refractivity contribution in [3.63, 3.8) is 0 Å². The lowest BCUT2D eigenvalue weighted by atomic mass is 10.1. The van der Waals surface area contributed by atoms with E-state index in [0.29, 0.717) is 28.2 Å². The molecule has 0 saturated carbocycles. The molecule has 0 unspecified atom stereocenters. The number of ether oxygens (including phenoxy) is 3. The van der Waals surface area contributed by atoms with E-state index in [1.165, 1.54) is 0 Å². The number of benzene rings is 1. The number of nitrogens with two attached hydrogens (primary N) is 1. The van der Waals surface area contributed by atoms with E-state index >= 15 is 0 Å². The van der Waals surface area contributed by atoms with Crippen molar-refractivity contribution in [1.29, 1.82) is 0 Å². The van der Waals surface area contributed by atoms with Crippen LogP contribution in [0.2, 0.25) is 0 Å². The Morgan fingerprint density at radius 3 is 2.06 bits per heavy atom. The van der Waals surface area contributed by atoms with Gasteiger partial charge in [0.15, 0.2) is 22.5 Å². The highest BCUT2D eigenvalue weighted by atomic mass is 32.1. The molecule has 0 amide bonds. The fraction of sp³-hybridized carbons (Fsp3) is 0.273. The highest BCUT2D eigenvalue weighted by Gasteiger charge is 2.16. The topological polar surface area (TPSA) is 79.5 Å². The van der Waals surface area contributed by atoms with E-state index in [9.17, 15) is 0 Å². The molecule has 0 aliphatic heterocycles. The van der Waals surface area contributed by atoms with E-state index in [0.717, 1.165) is 17.1 Å². The fourth-order valence-corrected chi connectivity index (χ4v) is 2.02. The Labute approximate surface area is 108 Å². The van der Waals surface area contributed by atoms with Crippen LogP contribution in [0, 0.1) is 0 Å². The summed E-state index contributed by atoms with van der Waals surface area (Å²) in [6.07, 6.45) is 0. The van der Waals surface area contributed by atoms with Gasteiger partial charge in [0, 0.05) is 17.1 Å². The average molecular weight is 267 g/mol. The highest BCUT2D eigenvalue weighted by molar-refractivity contribution is 7.09. The van der Waals surface area contributed by atoms with Crippen molar-refractivity contribution < 1.29 is 14.2 Å². The molecule has 2 N–H and O–H groups in total. The number of anilines is 1. The molecule has 1 aromatic heterocycles. The first-order chi connectivity index (χ1) is 8.69. The molecule has 6 nitrogen and oxygen atoms in total. The van der Waals surface area contributed by atoms with Gasteiger partial charge >= 0.3 is 0 Å². The minimum Gasteiger partial charge on any atom is -0.493 e. The number of hydrogen-bond acceptors (Lipinski definition) is 7. The minimum absolute atomic E-state index is 0.416. The van der Waals surface area contributed by atoms with Crippen LogP contribution >= 0.6 is 11.5 Å². The fourth-order valence-electron chi connectivity index (χ4n) is 1.56. The number of nitrogen functional groups attached to an aromatic ring is 1. The number of hydrogen-bond donors (Lipinski definition) is 1. The van der Waals surface area contributed by atoms with Gasteiger partial charge in [0.2, 0.25) is 5.75 Å². The van der Waals surface area contributed by atoms with Crippen LogP contribution in [0.15, 0.2) is 12.1 Å². The maximum atomic E-state index is 5.57. The first-order valence-corrected chi connectivity index (χ1v) is 5.86. The zero-order chi connectivity index (χ0) is 13.1. The molecule has 2 rings (SSSR count). The predicted octanol–water partition coefficient (Wildman–Crippen LogP) is 1.81. The van der Waals surface area contributed by atoms with Crippen LogP contribution in [0.5, 0.6) is 17.2 Å². The lowest BCUT2D eigenvalue weighted by molar-refractivity contribution is 0.324. The molecule has 0 fully saturated rings. The zero-order valence-electron chi connectivity index (χ0n) is 10.3. The summed E-state index contributed by atoms with van der Waals surface area (Å²) in [6.45, 7) is 0. The Morgan fingerprint density at radius 1 is 1.06 bits per heavy atom. The average Bonchev–Trinajstić information content (AvgIpc) is 2.83. The summed E-state index contributed by atoms with van der Waals surface area (Å²) in [5.74, 6) is 2.18. The molecule has 96 valence electrons. The SMILES string of the molecule is COc1cc(-c2nsc(N)n2)cc(OC)c1OC. The molecule has 7 heteroatoms. The molecule has 0 atom stereocenters. The van der Waals surface area contributed by atoms with Crippen LogP contribution in [0.1, 0.15) is 0 Å². The maximum Gasteiger partial charge on any atom is 0.203 e. The van der Waals surface area contributed by atoms with Gasteiger partial charge in [0.05, 0.1) is 21.3 Å². The summed E-state index contributed by atoms with van der Waals surface area (Å²) in [5, 5.41) is 0.416. The third-order valence-electron chi connectivity index (χ3n) is 2.36. The summed E-state index contributed by atoms with van der Waals surface area (Å²) >= 11 is 1.14. The second-order valence-corrected chi connectivity index (χ2v) is 4.15. The Balaban J connectivity index is 2.56. The van der Waals surface area contributed by atoms with Gasteiger partial charge in [-0.25, -0.2) is 0 Å².